The van der Waals surface area contributed by atoms with Crippen molar-refractivity contribution < 1.29 is 23.1 Å². The molecule has 1 aromatic heterocycles. The van der Waals surface area contributed by atoms with Gasteiger partial charge in [-0.2, -0.15) is 0 Å². The summed E-state index contributed by atoms with van der Waals surface area (Å²) in [7, 11) is 1.55. The van der Waals surface area contributed by atoms with Gasteiger partial charge in [-0.25, -0.2) is 4.39 Å². The maximum atomic E-state index is 13.7. The molecule has 0 aliphatic heterocycles. The summed E-state index contributed by atoms with van der Waals surface area (Å²) >= 11 is 12.1. The second-order valence-corrected chi connectivity index (χ2v) is 9.98. The van der Waals surface area contributed by atoms with Crippen molar-refractivity contribution in [3.05, 3.63) is 116 Å². The summed E-state index contributed by atoms with van der Waals surface area (Å²) in [6.45, 7) is 0.356. The average molecular weight is 585 g/mol. The second-order valence-electron chi connectivity index (χ2n) is 9.16. The topological polar surface area (TPSA) is 80.1 Å². The Kier molecular flexibility index (Phi) is 9.93. The maximum absolute atomic E-state index is 13.7. The smallest absolute Gasteiger partial charge is 0.254 e. The lowest BCUT2D eigenvalue weighted by atomic mass is 10.1. The van der Waals surface area contributed by atoms with Gasteiger partial charge < -0.3 is 19.0 Å². The fourth-order valence-electron chi connectivity index (χ4n) is 4.20. The second kappa shape index (κ2) is 13.6. The highest BCUT2D eigenvalue weighted by Crippen LogP contribution is 2.23. The first-order valence-corrected chi connectivity index (χ1v) is 13.3. The van der Waals surface area contributed by atoms with E-state index in [-0.39, 0.29) is 47.8 Å². The van der Waals surface area contributed by atoms with E-state index < -0.39 is 17.6 Å². The first-order chi connectivity index (χ1) is 19.3. The number of benzene rings is 3. The highest BCUT2D eigenvalue weighted by atomic mass is 35.5. The van der Waals surface area contributed by atoms with Crippen molar-refractivity contribution in [2.45, 2.75) is 19.5 Å². The molecule has 2 amide bonds. The van der Waals surface area contributed by atoms with Gasteiger partial charge in [-0.1, -0.05) is 47.5 Å². The lowest BCUT2D eigenvalue weighted by Crippen LogP contribution is -2.43. The van der Waals surface area contributed by atoms with Crippen molar-refractivity contribution in [1.29, 1.82) is 0 Å². The Morgan fingerprint density at radius 1 is 0.950 bits per heavy atom. The van der Waals surface area contributed by atoms with Gasteiger partial charge in [0.1, 0.15) is 17.9 Å². The number of fused-ring (bicyclic) bond motifs is 1. The zero-order valence-corrected chi connectivity index (χ0v) is 23.3. The number of para-hydroxylation sites is 1. The third kappa shape index (κ3) is 7.27. The molecule has 10 heteroatoms. The zero-order chi connectivity index (χ0) is 28.6. The van der Waals surface area contributed by atoms with E-state index >= 15 is 0 Å². The number of amides is 2. The molecule has 0 unspecified atom stereocenters. The Bertz CT molecular complexity index is 1560. The molecule has 0 radical (unpaired) electrons. The van der Waals surface area contributed by atoms with Crippen molar-refractivity contribution in [3.63, 3.8) is 0 Å². The van der Waals surface area contributed by atoms with E-state index in [1.165, 1.54) is 40.3 Å². The number of methoxy groups -OCH3 is 1. The molecule has 0 spiro atoms. The van der Waals surface area contributed by atoms with E-state index in [1.807, 2.05) is 0 Å². The van der Waals surface area contributed by atoms with Gasteiger partial charge in [-0.05, 0) is 54.4 Å². The molecule has 0 N–H and O–H groups in total. The van der Waals surface area contributed by atoms with Crippen LogP contribution in [-0.2, 0) is 22.6 Å². The van der Waals surface area contributed by atoms with Crippen LogP contribution in [0.5, 0.6) is 0 Å². The molecule has 4 aromatic rings. The molecular formula is C30H27Cl2FN2O5. The van der Waals surface area contributed by atoms with Crippen LogP contribution in [0.3, 0.4) is 0 Å². The van der Waals surface area contributed by atoms with E-state index in [0.29, 0.717) is 34.6 Å². The van der Waals surface area contributed by atoms with Crippen molar-refractivity contribution in [2.75, 3.05) is 26.8 Å². The van der Waals surface area contributed by atoms with Crippen LogP contribution in [0.25, 0.3) is 11.0 Å². The third-order valence-corrected chi connectivity index (χ3v) is 7.05. The molecule has 1 heterocycles. The summed E-state index contributed by atoms with van der Waals surface area (Å²) in [5, 5.41) is 0.918. The molecule has 4 rings (SSSR count). The zero-order valence-electron chi connectivity index (χ0n) is 21.7. The monoisotopic (exact) mass is 584 g/mol. The molecular weight excluding hydrogens is 558 g/mol. The van der Waals surface area contributed by atoms with E-state index in [2.05, 4.69) is 0 Å². The van der Waals surface area contributed by atoms with E-state index in [1.54, 1.807) is 49.6 Å². The summed E-state index contributed by atoms with van der Waals surface area (Å²) in [4.78, 5) is 43.2. The summed E-state index contributed by atoms with van der Waals surface area (Å²) in [5.41, 5.74) is 1.38. The highest BCUT2D eigenvalue weighted by Gasteiger charge is 2.24. The molecule has 0 saturated heterocycles. The molecule has 0 atom stereocenters. The van der Waals surface area contributed by atoms with E-state index in [0.717, 1.165) is 0 Å². The van der Waals surface area contributed by atoms with Crippen LogP contribution in [0, 0.1) is 5.82 Å². The predicted molar refractivity (Wildman–Crippen MR) is 152 cm³/mol. The fourth-order valence-corrected chi connectivity index (χ4v) is 4.50. The van der Waals surface area contributed by atoms with Crippen LogP contribution < -0.4 is 5.43 Å². The molecule has 3 aromatic carbocycles. The molecule has 40 heavy (non-hydrogen) atoms. The normalized spacial score (nSPS) is 11.0. The summed E-state index contributed by atoms with van der Waals surface area (Å²) in [5.74, 6) is -1.23. The molecule has 0 fully saturated rings. The Labute approximate surface area is 240 Å². The van der Waals surface area contributed by atoms with Crippen LogP contribution in [-0.4, -0.2) is 48.4 Å². The number of hydrogen-bond donors (Lipinski definition) is 0. The first kappa shape index (κ1) is 29.3. The largest absolute Gasteiger partial charge is 0.464 e. The number of ether oxygens (including phenoxy) is 1. The third-order valence-electron chi connectivity index (χ3n) is 6.31. The summed E-state index contributed by atoms with van der Waals surface area (Å²) in [6, 6.07) is 17.1. The Hall–Kier alpha value is -3.72. The van der Waals surface area contributed by atoms with Crippen LogP contribution in [0.15, 0.2) is 82.2 Å². The molecule has 0 saturated carbocycles. The molecule has 208 valence electrons. The Balaban J connectivity index is 1.63. The quantitative estimate of drug-likeness (QED) is 0.204. The summed E-state index contributed by atoms with van der Waals surface area (Å²) < 4.78 is 24.3. The number of carbonyl (C=O) groups excluding carboxylic acids is 2. The SMILES string of the molecule is COCCCN(CC(=O)N(Cc1ccc(F)cc1)Cc1coc2ccccc2c1=O)C(=O)c1ccc(Cl)c(Cl)c1. The maximum Gasteiger partial charge on any atom is 0.254 e. The molecule has 0 aliphatic carbocycles. The lowest BCUT2D eigenvalue weighted by Gasteiger charge is -2.28. The van der Waals surface area contributed by atoms with Gasteiger partial charge in [0.05, 0.1) is 33.8 Å². The minimum Gasteiger partial charge on any atom is -0.464 e. The lowest BCUT2D eigenvalue weighted by molar-refractivity contribution is -0.133. The van der Waals surface area contributed by atoms with Crippen LogP contribution >= 0.6 is 23.2 Å². The predicted octanol–water partition coefficient (Wildman–Crippen LogP) is 5.95. The number of carbonyl (C=O) groups is 2. The number of hydrogen-bond acceptors (Lipinski definition) is 5. The Morgan fingerprint density at radius 2 is 1.70 bits per heavy atom. The van der Waals surface area contributed by atoms with Crippen molar-refractivity contribution in [3.8, 4) is 0 Å². The minimum atomic E-state index is -0.414. The number of halogens is 3. The minimum absolute atomic E-state index is 0.0732. The van der Waals surface area contributed by atoms with Gasteiger partial charge in [-0.3, -0.25) is 14.4 Å². The fraction of sp³-hybridized carbons (Fsp3) is 0.233. The number of nitrogens with zero attached hydrogens (tertiary/aromatic N) is 2. The van der Waals surface area contributed by atoms with Crippen LogP contribution in [0.1, 0.15) is 27.9 Å². The van der Waals surface area contributed by atoms with Gasteiger partial charge in [0, 0.05) is 32.4 Å². The van der Waals surface area contributed by atoms with Gasteiger partial charge in [-0.15, -0.1) is 0 Å². The van der Waals surface area contributed by atoms with Crippen molar-refractivity contribution in [1.82, 2.24) is 9.80 Å². The van der Waals surface area contributed by atoms with Crippen LogP contribution in [0.2, 0.25) is 10.0 Å². The van der Waals surface area contributed by atoms with Gasteiger partial charge in [0.15, 0.2) is 5.43 Å². The van der Waals surface area contributed by atoms with Gasteiger partial charge in [0.2, 0.25) is 5.91 Å². The van der Waals surface area contributed by atoms with E-state index in [9.17, 15) is 18.8 Å². The molecule has 7 nitrogen and oxygen atoms in total. The van der Waals surface area contributed by atoms with Crippen molar-refractivity contribution >= 4 is 46.0 Å². The molecule has 0 bridgehead atoms. The number of rotatable bonds is 11. The van der Waals surface area contributed by atoms with Gasteiger partial charge >= 0.3 is 0 Å². The first-order valence-electron chi connectivity index (χ1n) is 12.5. The van der Waals surface area contributed by atoms with Gasteiger partial charge in [0.25, 0.3) is 5.91 Å². The molecule has 0 aliphatic rings. The Morgan fingerprint density at radius 3 is 2.42 bits per heavy atom. The van der Waals surface area contributed by atoms with Crippen LogP contribution in [0.4, 0.5) is 4.39 Å². The van der Waals surface area contributed by atoms with Crippen molar-refractivity contribution in [2.24, 2.45) is 0 Å². The van der Waals surface area contributed by atoms with E-state index in [4.69, 9.17) is 32.4 Å². The highest BCUT2D eigenvalue weighted by molar-refractivity contribution is 6.42. The summed E-state index contributed by atoms with van der Waals surface area (Å²) in [6.07, 6.45) is 1.83. The standard InChI is InChI=1S/C30H27Cl2FN2O5/c1-39-14-4-13-34(30(38)21-9-12-25(31)26(32)15-21)18-28(36)35(16-20-7-10-23(33)11-8-20)17-22-19-40-27-6-3-2-5-24(27)29(22)37/h2-3,5-12,15,19H,4,13-14,16-18H2,1H3. The average Bonchev–Trinajstić information content (AvgIpc) is 2.96.